The Morgan fingerprint density at radius 1 is 1.10 bits per heavy atom. The fraction of sp³-hybridized carbons (Fsp3) is 0.190. The summed E-state index contributed by atoms with van der Waals surface area (Å²) in [4.78, 5) is 24.7. The van der Waals surface area contributed by atoms with Crippen LogP contribution < -0.4 is 10.6 Å². The summed E-state index contributed by atoms with van der Waals surface area (Å²) in [6, 6.07) is 16.0. The van der Waals surface area contributed by atoms with Crippen molar-refractivity contribution in [1.82, 2.24) is 15.1 Å². The van der Waals surface area contributed by atoms with Gasteiger partial charge in [-0.1, -0.05) is 29.8 Å². The van der Waals surface area contributed by atoms with Crippen LogP contribution in [0.3, 0.4) is 0 Å². The summed E-state index contributed by atoms with van der Waals surface area (Å²) in [5, 5.41) is 10.1. The third-order valence-corrected chi connectivity index (χ3v) is 4.50. The molecule has 2 aromatic carbocycles. The standard InChI is InChI=1S/C21H21ClN4O3/c1-14-12-19(25-26(14)16-6-4-3-5-7-16)21(28)24-15-8-9-17(18(22)13-15)20(27)23-10-11-29-2/h3-9,12-13H,10-11H2,1-2H3,(H,23,27)(H,24,28). The zero-order chi connectivity index (χ0) is 20.8. The van der Waals surface area contributed by atoms with Crippen LogP contribution >= 0.6 is 11.6 Å². The summed E-state index contributed by atoms with van der Waals surface area (Å²) >= 11 is 6.21. The summed E-state index contributed by atoms with van der Waals surface area (Å²) in [6.45, 7) is 2.67. The molecule has 0 spiro atoms. The quantitative estimate of drug-likeness (QED) is 0.582. The first kappa shape index (κ1) is 20.6. The topological polar surface area (TPSA) is 85.3 Å². The zero-order valence-electron chi connectivity index (χ0n) is 16.1. The van der Waals surface area contributed by atoms with E-state index in [-0.39, 0.29) is 22.5 Å². The molecule has 0 atom stereocenters. The van der Waals surface area contributed by atoms with E-state index in [0.717, 1.165) is 11.4 Å². The molecule has 2 amide bonds. The number of aromatic nitrogens is 2. The van der Waals surface area contributed by atoms with Crippen molar-refractivity contribution in [2.45, 2.75) is 6.92 Å². The lowest BCUT2D eigenvalue weighted by atomic mass is 10.2. The van der Waals surface area contributed by atoms with Crippen molar-refractivity contribution >= 4 is 29.1 Å². The first-order valence-electron chi connectivity index (χ1n) is 8.99. The SMILES string of the molecule is COCCNC(=O)c1ccc(NC(=O)c2cc(C)n(-c3ccccc3)n2)cc1Cl. The Kier molecular flexibility index (Phi) is 6.64. The van der Waals surface area contributed by atoms with Gasteiger partial charge in [0.05, 0.1) is 22.9 Å². The van der Waals surface area contributed by atoms with Crippen LogP contribution in [-0.4, -0.2) is 41.9 Å². The van der Waals surface area contributed by atoms with Gasteiger partial charge in [-0.2, -0.15) is 5.10 Å². The number of para-hydroxylation sites is 1. The molecule has 0 fully saturated rings. The number of anilines is 1. The molecule has 0 saturated heterocycles. The average molecular weight is 413 g/mol. The van der Waals surface area contributed by atoms with Gasteiger partial charge in [-0.3, -0.25) is 9.59 Å². The van der Waals surface area contributed by atoms with E-state index in [1.54, 1.807) is 30.0 Å². The minimum absolute atomic E-state index is 0.240. The van der Waals surface area contributed by atoms with Crippen molar-refractivity contribution in [2.24, 2.45) is 0 Å². The smallest absolute Gasteiger partial charge is 0.276 e. The molecule has 0 aliphatic heterocycles. The number of carbonyl (C=O) groups excluding carboxylic acids is 2. The van der Waals surface area contributed by atoms with Gasteiger partial charge >= 0.3 is 0 Å². The maximum atomic E-state index is 12.6. The number of carbonyl (C=O) groups is 2. The van der Waals surface area contributed by atoms with Crippen LogP contribution in [0.25, 0.3) is 5.69 Å². The van der Waals surface area contributed by atoms with Crippen molar-refractivity contribution in [3.8, 4) is 5.69 Å². The number of methoxy groups -OCH3 is 1. The van der Waals surface area contributed by atoms with E-state index in [4.69, 9.17) is 16.3 Å². The fourth-order valence-electron chi connectivity index (χ4n) is 2.75. The van der Waals surface area contributed by atoms with Gasteiger partial charge in [0.2, 0.25) is 0 Å². The van der Waals surface area contributed by atoms with Crippen LogP contribution in [0.15, 0.2) is 54.6 Å². The third kappa shape index (κ3) is 5.01. The molecule has 0 unspecified atom stereocenters. The molecule has 150 valence electrons. The predicted octanol–water partition coefficient (Wildman–Crippen LogP) is 3.46. The lowest BCUT2D eigenvalue weighted by molar-refractivity contribution is 0.0936. The largest absolute Gasteiger partial charge is 0.383 e. The molecule has 1 aromatic heterocycles. The summed E-state index contributed by atoms with van der Waals surface area (Å²) in [7, 11) is 1.56. The van der Waals surface area contributed by atoms with Crippen LogP contribution in [0.4, 0.5) is 5.69 Å². The lowest BCUT2D eigenvalue weighted by Gasteiger charge is -2.09. The molecule has 0 aliphatic rings. The Balaban J connectivity index is 1.71. The number of halogens is 1. The number of ether oxygens (including phenoxy) is 1. The van der Waals surface area contributed by atoms with E-state index in [9.17, 15) is 9.59 Å². The zero-order valence-corrected chi connectivity index (χ0v) is 16.9. The molecule has 7 nitrogen and oxygen atoms in total. The molecule has 0 bridgehead atoms. The van der Waals surface area contributed by atoms with E-state index >= 15 is 0 Å². The van der Waals surface area contributed by atoms with Crippen LogP contribution in [-0.2, 0) is 4.74 Å². The van der Waals surface area contributed by atoms with Gasteiger partial charge in [-0.15, -0.1) is 0 Å². The van der Waals surface area contributed by atoms with Crippen molar-refractivity contribution < 1.29 is 14.3 Å². The van der Waals surface area contributed by atoms with E-state index in [0.29, 0.717) is 24.4 Å². The summed E-state index contributed by atoms with van der Waals surface area (Å²) in [5.74, 6) is -0.668. The number of aryl methyl sites for hydroxylation is 1. The number of nitrogens with one attached hydrogen (secondary N) is 2. The highest BCUT2D eigenvalue weighted by atomic mass is 35.5. The first-order valence-corrected chi connectivity index (χ1v) is 9.37. The van der Waals surface area contributed by atoms with Crippen LogP contribution in [0.2, 0.25) is 5.02 Å². The molecule has 29 heavy (non-hydrogen) atoms. The second-order valence-electron chi connectivity index (χ2n) is 6.32. The third-order valence-electron chi connectivity index (χ3n) is 4.18. The average Bonchev–Trinajstić information content (AvgIpc) is 3.11. The van der Waals surface area contributed by atoms with E-state index in [1.807, 2.05) is 37.3 Å². The maximum Gasteiger partial charge on any atom is 0.276 e. The number of hydrogen-bond donors (Lipinski definition) is 2. The van der Waals surface area contributed by atoms with Gasteiger partial charge in [-0.05, 0) is 43.3 Å². The molecule has 0 aliphatic carbocycles. The maximum absolute atomic E-state index is 12.6. The minimum Gasteiger partial charge on any atom is -0.383 e. The van der Waals surface area contributed by atoms with Gasteiger partial charge in [-0.25, -0.2) is 4.68 Å². The number of rotatable bonds is 7. The van der Waals surface area contributed by atoms with Crippen molar-refractivity contribution in [2.75, 3.05) is 25.6 Å². The molecule has 3 rings (SSSR count). The highest BCUT2D eigenvalue weighted by molar-refractivity contribution is 6.34. The molecule has 2 N–H and O–H groups in total. The Bertz CT molecular complexity index is 1020. The number of benzene rings is 2. The van der Waals surface area contributed by atoms with Crippen molar-refractivity contribution in [3.63, 3.8) is 0 Å². The molecule has 0 saturated carbocycles. The van der Waals surface area contributed by atoms with Crippen molar-refractivity contribution in [3.05, 3.63) is 76.6 Å². The predicted molar refractivity (Wildman–Crippen MR) is 112 cm³/mol. The second-order valence-corrected chi connectivity index (χ2v) is 6.72. The van der Waals surface area contributed by atoms with E-state index in [1.165, 1.54) is 6.07 Å². The van der Waals surface area contributed by atoms with Crippen molar-refractivity contribution in [1.29, 1.82) is 0 Å². The molecular weight excluding hydrogens is 392 g/mol. The molecule has 0 radical (unpaired) electrons. The van der Waals surface area contributed by atoms with Gasteiger partial charge < -0.3 is 15.4 Å². The Labute approximate surface area is 173 Å². The molecule has 8 heteroatoms. The Hall–Kier alpha value is -3.16. The second kappa shape index (κ2) is 9.36. The number of nitrogens with zero attached hydrogens (tertiary/aromatic N) is 2. The van der Waals surface area contributed by atoms with Gasteiger partial charge in [0, 0.05) is 25.0 Å². The summed E-state index contributed by atoms with van der Waals surface area (Å²) in [5.41, 5.74) is 2.78. The summed E-state index contributed by atoms with van der Waals surface area (Å²) < 4.78 is 6.60. The fourth-order valence-corrected chi connectivity index (χ4v) is 3.02. The highest BCUT2D eigenvalue weighted by Crippen LogP contribution is 2.22. The molecular formula is C21H21ClN4O3. The molecule has 3 aromatic rings. The Morgan fingerprint density at radius 2 is 1.86 bits per heavy atom. The first-order chi connectivity index (χ1) is 14.0. The lowest BCUT2D eigenvalue weighted by Crippen LogP contribution is -2.27. The number of amides is 2. The summed E-state index contributed by atoms with van der Waals surface area (Å²) in [6.07, 6.45) is 0. The monoisotopic (exact) mass is 412 g/mol. The van der Waals surface area contributed by atoms with Crippen LogP contribution in [0.5, 0.6) is 0 Å². The normalized spacial score (nSPS) is 10.6. The minimum atomic E-state index is -0.365. The van der Waals surface area contributed by atoms with Gasteiger partial charge in [0.15, 0.2) is 5.69 Å². The number of hydrogen-bond acceptors (Lipinski definition) is 4. The van der Waals surface area contributed by atoms with E-state index < -0.39 is 0 Å². The Morgan fingerprint density at radius 3 is 2.55 bits per heavy atom. The van der Waals surface area contributed by atoms with Crippen LogP contribution in [0.1, 0.15) is 26.5 Å². The van der Waals surface area contributed by atoms with Gasteiger partial charge in [0.1, 0.15) is 0 Å². The highest BCUT2D eigenvalue weighted by Gasteiger charge is 2.15. The van der Waals surface area contributed by atoms with E-state index in [2.05, 4.69) is 15.7 Å². The van der Waals surface area contributed by atoms with Crippen LogP contribution in [0, 0.1) is 6.92 Å². The van der Waals surface area contributed by atoms with Gasteiger partial charge in [0.25, 0.3) is 11.8 Å². The molecule has 1 heterocycles.